The Morgan fingerprint density at radius 2 is 2.20 bits per heavy atom. The van der Waals surface area contributed by atoms with E-state index in [2.05, 4.69) is 4.74 Å². The lowest BCUT2D eigenvalue weighted by Gasteiger charge is -2.26. The molecule has 0 aromatic heterocycles. The van der Waals surface area contributed by atoms with E-state index in [-0.39, 0.29) is 12.0 Å². The minimum Gasteiger partial charge on any atom is -0.413 e. The molecule has 0 saturated heterocycles. The summed E-state index contributed by atoms with van der Waals surface area (Å²) in [5.74, 6) is -2.65. The predicted octanol–water partition coefficient (Wildman–Crippen LogP) is 1.48. The van der Waals surface area contributed by atoms with E-state index in [1.54, 1.807) is 6.92 Å². The van der Waals surface area contributed by atoms with Crippen molar-refractivity contribution in [3.63, 3.8) is 0 Å². The molecular formula is C10H12FNO3. The van der Waals surface area contributed by atoms with Crippen LogP contribution in [0.3, 0.4) is 0 Å². The van der Waals surface area contributed by atoms with Gasteiger partial charge in [0.05, 0.1) is 5.56 Å². The molecule has 1 amide bonds. The summed E-state index contributed by atoms with van der Waals surface area (Å²) < 4.78 is 17.8. The number of carbonyl (C=O) groups excluding carboxylic acids is 1. The van der Waals surface area contributed by atoms with Crippen molar-refractivity contribution in [2.24, 2.45) is 5.73 Å². The van der Waals surface area contributed by atoms with Crippen LogP contribution in [0.15, 0.2) is 24.3 Å². The SMILES string of the molecule is CC[C@@](O)(OC(N)=O)c1ccccc1F. The molecule has 15 heavy (non-hydrogen) atoms. The van der Waals surface area contributed by atoms with Crippen molar-refractivity contribution in [2.45, 2.75) is 19.1 Å². The van der Waals surface area contributed by atoms with Gasteiger partial charge >= 0.3 is 6.09 Å². The molecule has 1 aromatic rings. The van der Waals surface area contributed by atoms with Crippen LogP contribution in [0.1, 0.15) is 18.9 Å². The number of benzene rings is 1. The number of hydrogen-bond donors (Lipinski definition) is 2. The fourth-order valence-corrected chi connectivity index (χ4v) is 1.26. The molecule has 0 aliphatic heterocycles. The highest BCUT2D eigenvalue weighted by Crippen LogP contribution is 2.28. The molecule has 82 valence electrons. The van der Waals surface area contributed by atoms with Gasteiger partial charge < -0.3 is 15.6 Å². The molecule has 0 unspecified atom stereocenters. The number of primary amides is 1. The summed E-state index contributed by atoms with van der Waals surface area (Å²) in [5.41, 5.74) is 4.69. The monoisotopic (exact) mass is 213 g/mol. The molecule has 0 bridgehead atoms. The first kappa shape index (κ1) is 11.5. The normalized spacial score (nSPS) is 14.3. The molecule has 3 N–H and O–H groups in total. The summed E-state index contributed by atoms with van der Waals surface area (Å²) in [4.78, 5) is 10.6. The summed E-state index contributed by atoms with van der Waals surface area (Å²) in [6, 6.07) is 5.50. The van der Waals surface area contributed by atoms with Crippen molar-refractivity contribution >= 4 is 6.09 Å². The number of carbonyl (C=O) groups is 1. The van der Waals surface area contributed by atoms with E-state index in [1.807, 2.05) is 0 Å². The zero-order valence-electron chi connectivity index (χ0n) is 8.24. The summed E-state index contributed by atoms with van der Waals surface area (Å²) in [5, 5.41) is 9.88. The number of ether oxygens (including phenoxy) is 1. The summed E-state index contributed by atoms with van der Waals surface area (Å²) in [7, 11) is 0. The Morgan fingerprint density at radius 3 is 2.67 bits per heavy atom. The van der Waals surface area contributed by atoms with Gasteiger partial charge in [0.15, 0.2) is 0 Å². The second-order valence-electron chi connectivity index (χ2n) is 3.04. The lowest BCUT2D eigenvalue weighted by molar-refractivity contribution is -0.171. The van der Waals surface area contributed by atoms with Gasteiger partial charge in [-0.15, -0.1) is 0 Å². The molecule has 1 rings (SSSR count). The molecule has 0 aliphatic carbocycles. The van der Waals surface area contributed by atoms with Crippen molar-refractivity contribution in [1.29, 1.82) is 0 Å². The molecule has 1 aromatic carbocycles. The van der Waals surface area contributed by atoms with E-state index in [0.717, 1.165) is 0 Å². The second-order valence-corrected chi connectivity index (χ2v) is 3.04. The molecule has 0 spiro atoms. The van der Waals surface area contributed by atoms with Crippen molar-refractivity contribution in [1.82, 2.24) is 0 Å². The lowest BCUT2D eigenvalue weighted by Crippen LogP contribution is -2.34. The summed E-state index contributed by atoms with van der Waals surface area (Å²) >= 11 is 0. The highest BCUT2D eigenvalue weighted by molar-refractivity contribution is 5.65. The van der Waals surface area contributed by atoms with Crippen molar-refractivity contribution in [3.8, 4) is 0 Å². The molecule has 5 heteroatoms. The van der Waals surface area contributed by atoms with E-state index in [0.29, 0.717) is 0 Å². The smallest absolute Gasteiger partial charge is 0.407 e. The number of nitrogens with two attached hydrogens (primary N) is 1. The minimum absolute atomic E-state index is 0.0108. The summed E-state index contributed by atoms with van der Waals surface area (Å²) in [6.07, 6.45) is -1.14. The van der Waals surface area contributed by atoms with Gasteiger partial charge in [-0.05, 0) is 12.1 Å². The quantitative estimate of drug-likeness (QED) is 0.747. The highest BCUT2D eigenvalue weighted by atomic mass is 19.1. The minimum atomic E-state index is -2.00. The van der Waals surface area contributed by atoms with Crippen LogP contribution in [-0.4, -0.2) is 11.2 Å². The van der Waals surface area contributed by atoms with Crippen molar-refractivity contribution in [3.05, 3.63) is 35.6 Å². The molecule has 0 radical (unpaired) electrons. The Kier molecular flexibility index (Phi) is 3.26. The Bertz CT molecular complexity index is 369. The fraction of sp³-hybridized carbons (Fsp3) is 0.300. The van der Waals surface area contributed by atoms with Gasteiger partial charge in [0, 0.05) is 6.42 Å². The Morgan fingerprint density at radius 1 is 1.60 bits per heavy atom. The van der Waals surface area contributed by atoms with Crippen LogP contribution >= 0.6 is 0 Å². The van der Waals surface area contributed by atoms with Gasteiger partial charge in [0.1, 0.15) is 5.82 Å². The van der Waals surface area contributed by atoms with E-state index in [4.69, 9.17) is 5.73 Å². The average molecular weight is 213 g/mol. The van der Waals surface area contributed by atoms with E-state index >= 15 is 0 Å². The third-order valence-corrected chi connectivity index (χ3v) is 2.04. The van der Waals surface area contributed by atoms with Crippen LogP contribution in [0.25, 0.3) is 0 Å². The maximum Gasteiger partial charge on any atom is 0.407 e. The van der Waals surface area contributed by atoms with Crippen molar-refractivity contribution in [2.75, 3.05) is 0 Å². The van der Waals surface area contributed by atoms with Crippen LogP contribution in [0.2, 0.25) is 0 Å². The number of amides is 1. The third kappa shape index (κ3) is 2.44. The van der Waals surface area contributed by atoms with Gasteiger partial charge in [0.2, 0.25) is 5.79 Å². The Hall–Kier alpha value is -1.62. The average Bonchev–Trinajstić information content (AvgIpc) is 2.17. The maximum absolute atomic E-state index is 13.3. The fourth-order valence-electron chi connectivity index (χ4n) is 1.26. The van der Waals surface area contributed by atoms with Gasteiger partial charge in [-0.1, -0.05) is 19.1 Å². The third-order valence-electron chi connectivity index (χ3n) is 2.04. The van der Waals surface area contributed by atoms with Gasteiger partial charge in [-0.3, -0.25) is 0 Å². The highest BCUT2D eigenvalue weighted by Gasteiger charge is 2.33. The van der Waals surface area contributed by atoms with Gasteiger partial charge in [-0.25, -0.2) is 9.18 Å². The molecule has 0 fully saturated rings. The predicted molar refractivity (Wildman–Crippen MR) is 51.3 cm³/mol. The first-order chi connectivity index (χ1) is 6.99. The molecule has 0 heterocycles. The first-order valence-electron chi connectivity index (χ1n) is 4.45. The molecule has 1 atom stereocenters. The number of aliphatic hydroxyl groups is 1. The van der Waals surface area contributed by atoms with Crippen LogP contribution in [0, 0.1) is 5.82 Å². The molecule has 4 nitrogen and oxygen atoms in total. The lowest BCUT2D eigenvalue weighted by atomic mass is 10.0. The summed E-state index contributed by atoms with van der Waals surface area (Å²) in [6.45, 7) is 1.55. The van der Waals surface area contributed by atoms with E-state index in [9.17, 15) is 14.3 Å². The zero-order chi connectivity index (χ0) is 11.5. The Balaban J connectivity index is 3.11. The zero-order valence-corrected chi connectivity index (χ0v) is 8.24. The maximum atomic E-state index is 13.3. The number of rotatable bonds is 3. The van der Waals surface area contributed by atoms with Crippen LogP contribution < -0.4 is 5.73 Å². The number of hydrogen-bond acceptors (Lipinski definition) is 3. The van der Waals surface area contributed by atoms with E-state index in [1.165, 1.54) is 24.3 Å². The van der Waals surface area contributed by atoms with Crippen molar-refractivity contribution < 1.29 is 19.0 Å². The largest absolute Gasteiger partial charge is 0.413 e. The Labute approximate surface area is 86.5 Å². The standard InChI is InChI=1S/C10H12FNO3/c1-2-10(14,15-9(12)13)7-5-3-4-6-8(7)11/h3-6,14H,2H2,1H3,(H2,12,13)/t10-/m1/s1. The van der Waals surface area contributed by atoms with Crippen LogP contribution in [0.5, 0.6) is 0 Å². The van der Waals surface area contributed by atoms with Gasteiger partial charge in [-0.2, -0.15) is 0 Å². The molecule has 0 saturated carbocycles. The second kappa shape index (κ2) is 4.27. The topological polar surface area (TPSA) is 72.6 Å². The van der Waals surface area contributed by atoms with E-state index < -0.39 is 17.7 Å². The number of halogens is 1. The first-order valence-corrected chi connectivity index (χ1v) is 4.45. The van der Waals surface area contributed by atoms with Crippen LogP contribution in [-0.2, 0) is 10.5 Å². The molecular weight excluding hydrogens is 201 g/mol. The molecule has 0 aliphatic rings. The van der Waals surface area contributed by atoms with Gasteiger partial charge in [0.25, 0.3) is 0 Å². The van der Waals surface area contributed by atoms with Crippen LogP contribution in [0.4, 0.5) is 9.18 Å².